The minimum absolute atomic E-state index is 0.0897. The van der Waals surface area contributed by atoms with Crippen LogP contribution in [0.25, 0.3) is 0 Å². The Morgan fingerprint density at radius 3 is 2.86 bits per heavy atom. The largest absolute Gasteiger partial charge is 0.381 e. The highest BCUT2D eigenvalue weighted by Crippen LogP contribution is 2.22. The minimum atomic E-state index is -0.0897. The number of hydrogen-bond acceptors (Lipinski definition) is 6. The van der Waals surface area contributed by atoms with Crippen LogP contribution in [0.5, 0.6) is 0 Å². The summed E-state index contributed by atoms with van der Waals surface area (Å²) < 4.78 is 5.15. The lowest BCUT2D eigenvalue weighted by atomic mass is 10.2. The zero-order valence-corrected chi connectivity index (χ0v) is 14.1. The molecule has 0 atom stereocenters. The summed E-state index contributed by atoms with van der Waals surface area (Å²) in [5.74, 6) is 1.64. The van der Waals surface area contributed by atoms with Gasteiger partial charge in [-0.15, -0.1) is 22.0 Å². The molecule has 0 saturated heterocycles. The fourth-order valence-electron chi connectivity index (χ4n) is 1.68. The molecule has 22 heavy (non-hydrogen) atoms. The number of nitrogens with one attached hydrogen (secondary N) is 1. The van der Waals surface area contributed by atoms with E-state index in [-0.39, 0.29) is 5.91 Å². The summed E-state index contributed by atoms with van der Waals surface area (Å²) in [5.41, 5.74) is 1.29. The molecule has 1 N–H and O–H groups in total. The molecule has 7 heteroatoms. The van der Waals surface area contributed by atoms with E-state index in [2.05, 4.69) is 27.6 Å². The van der Waals surface area contributed by atoms with E-state index >= 15 is 0 Å². The molecule has 0 aliphatic heterocycles. The van der Waals surface area contributed by atoms with Gasteiger partial charge in [-0.2, -0.15) is 0 Å². The Morgan fingerprint density at radius 1 is 1.27 bits per heavy atom. The SMILES string of the molecule is CCOCCC(=O)Nc1nnc(CSCc2ccccc2)s1. The normalized spacial score (nSPS) is 10.6. The molecule has 0 spiro atoms. The molecule has 0 fully saturated rings. The number of rotatable bonds is 9. The Morgan fingerprint density at radius 2 is 2.09 bits per heavy atom. The first kappa shape index (κ1) is 16.9. The summed E-state index contributed by atoms with van der Waals surface area (Å²) in [7, 11) is 0. The van der Waals surface area contributed by atoms with Crippen molar-refractivity contribution in [3.05, 3.63) is 40.9 Å². The highest BCUT2D eigenvalue weighted by Gasteiger charge is 2.08. The highest BCUT2D eigenvalue weighted by atomic mass is 32.2. The first-order valence-corrected chi connectivity index (χ1v) is 9.06. The average Bonchev–Trinajstić information content (AvgIpc) is 2.96. The lowest BCUT2D eigenvalue weighted by molar-refractivity contribution is -0.117. The Hall–Kier alpha value is -1.44. The molecule has 0 saturated carbocycles. The van der Waals surface area contributed by atoms with Crippen LogP contribution in [0.15, 0.2) is 30.3 Å². The van der Waals surface area contributed by atoms with Gasteiger partial charge in [0, 0.05) is 18.1 Å². The van der Waals surface area contributed by atoms with Crippen molar-refractivity contribution in [3.63, 3.8) is 0 Å². The number of benzene rings is 1. The van der Waals surface area contributed by atoms with E-state index in [4.69, 9.17) is 4.74 Å². The predicted molar refractivity (Wildman–Crippen MR) is 91.1 cm³/mol. The predicted octanol–water partition coefficient (Wildman–Crippen LogP) is 3.34. The second-order valence-electron chi connectivity index (χ2n) is 4.47. The van der Waals surface area contributed by atoms with Gasteiger partial charge in [0.1, 0.15) is 5.01 Å². The van der Waals surface area contributed by atoms with E-state index in [0.29, 0.717) is 24.8 Å². The standard InChI is InChI=1S/C15H19N3O2S2/c1-2-20-9-8-13(19)16-15-18-17-14(22-15)11-21-10-12-6-4-3-5-7-12/h3-7H,2,8-11H2,1H3,(H,16,18,19). The van der Waals surface area contributed by atoms with Crippen molar-refractivity contribution in [2.75, 3.05) is 18.5 Å². The zero-order chi connectivity index (χ0) is 15.6. The van der Waals surface area contributed by atoms with Crippen LogP contribution >= 0.6 is 23.1 Å². The average molecular weight is 337 g/mol. The molecule has 1 aromatic carbocycles. The van der Waals surface area contributed by atoms with Crippen LogP contribution in [0.2, 0.25) is 0 Å². The van der Waals surface area contributed by atoms with E-state index < -0.39 is 0 Å². The fourth-order valence-corrected chi connectivity index (χ4v) is 3.48. The van der Waals surface area contributed by atoms with Gasteiger partial charge < -0.3 is 10.1 Å². The summed E-state index contributed by atoms with van der Waals surface area (Å²) in [4.78, 5) is 11.6. The molecule has 1 aromatic heterocycles. The van der Waals surface area contributed by atoms with Crippen molar-refractivity contribution in [2.24, 2.45) is 0 Å². The first-order valence-electron chi connectivity index (χ1n) is 7.09. The third-order valence-electron chi connectivity index (χ3n) is 2.73. The van der Waals surface area contributed by atoms with Crippen LogP contribution in [-0.4, -0.2) is 29.3 Å². The number of carbonyl (C=O) groups excluding carboxylic acids is 1. The van der Waals surface area contributed by atoms with Crippen LogP contribution in [0.3, 0.4) is 0 Å². The number of thioether (sulfide) groups is 1. The van der Waals surface area contributed by atoms with Gasteiger partial charge in [0.15, 0.2) is 0 Å². The molecule has 0 unspecified atom stereocenters. The Labute approximate surface area is 138 Å². The second-order valence-corrected chi connectivity index (χ2v) is 6.52. The molecule has 1 heterocycles. The van der Waals surface area contributed by atoms with Gasteiger partial charge in [-0.25, -0.2) is 0 Å². The lowest BCUT2D eigenvalue weighted by Gasteiger charge is -2.01. The van der Waals surface area contributed by atoms with Crippen molar-refractivity contribution in [2.45, 2.75) is 24.9 Å². The summed E-state index contributed by atoms with van der Waals surface area (Å²) in [6.45, 7) is 2.96. The molecule has 1 amide bonds. The smallest absolute Gasteiger partial charge is 0.228 e. The van der Waals surface area contributed by atoms with Crippen LogP contribution in [0.1, 0.15) is 23.9 Å². The maximum atomic E-state index is 11.6. The number of anilines is 1. The zero-order valence-electron chi connectivity index (χ0n) is 12.4. The van der Waals surface area contributed by atoms with Crippen LogP contribution in [-0.2, 0) is 21.0 Å². The van der Waals surface area contributed by atoms with Crippen LogP contribution in [0.4, 0.5) is 5.13 Å². The fraction of sp³-hybridized carbons (Fsp3) is 0.400. The highest BCUT2D eigenvalue weighted by molar-refractivity contribution is 7.97. The lowest BCUT2D eigenvalue weighted by Crippen LogP contribution is -2.13. The molecule has 5 nitrogen and oxygen atoms in total. The van der Waals surface area contributed by atoms with Crippen molar-refractivity contribution in [1.82, 2.24) is 10.2 Å². The topological polar surface area (TPSA) is 64.1 Å². The summed E-state index contributed by atoms with van der Waals surface area (Å²) in [5, 5.41) is 12.3. The molecule has 118 valence electrons. The number of nitrogens with zero attached hydrogens (tertiary/aromatic N) is 2. The van der Waals surface area contributed by atoms with Crippen LogP contribution < -0.4 is 5.32 Å². The van der Waals surface area contributed by atoms with Gasteiger partial charge in [-0.1, -0.05) is 41.7 Å². The van der Waals surface area contributed by atoms with Crippen molar-refractivity contribution < 1.29 is 9.53 Å². The van der Waals surface area contributed by atoms with E-state index in [9.17, 15) is 4.79 Å². The molecular formula is C15H19N3O2S2. The summed E-state index contributed by atoms with van der Waals surface area (Å²) >= 11 is 3.20. The van der Waals surface area contributed by atoms with Crippen LogP contribution in [0, 0.1) is 0 Å². The maximum absolute atomic E-state index is 11.6. The van der Waals surface area contributed by atoms with Crippen molar-refractivity contribution >= 4 is 34.1 Å². The van der Waals surface area contributed by atoms with E-state index in [1.807, 2.05) is 25.1 Å². The number of ether oxygens (including phenoxy) is 1. The first-order chi connectivity index (χ1) is 10.8. The van der Waals surface area contributed by atoms with Gasteiger partial charge in [-0.3, -0.25) is 4.79 Å². The van der Waals surface area contributed by atoms with Gasteiger partial charge in [0.25, 0.3) is 0 Å². The van der Waals surface area contributed by atoms with E-state index in [1.165, 1.54) is 16.9 Å². The third kappa shape index (κ3) is 6.13. The Bertz CT molecular complexity index is 575. The van der Waals surface area contributed by atoms with Gasteiger partial charge in [0.05, 0.1) is 13.0 Å². The monoisotopic (exact) mass is 337 g/mol. The minimum Gasteiger partial charge on any atom is -0.381 e. The molecule has 0 radical (unpaired) electrons. The Balaban J connectivity index is 1.71. The molecule has 0 bridgehead atoms. The number of hydrogen-bond donors (Lipinski definition) is 1. The van der Waals surface area contributed by atoms with Crippen molar-refractivity contribution in [3.8, 4) is 0 Å². The van der Waals surface area contributed by atoms with Crippen molar-refractivity contribution in [1.29, 1.82) is 0 Å². The molecular weight excluding hydrogens is 318 g/mol. The third-order valence-corrected chi connectivity index (χ3v) is 4.76. The molecule has 0 aliphatic rings. The van der Waals surface area contributed by atoms with Gasteiger partial charge >= 0.3 is 0 Å². The summed E-state index contributed by atoms with van der Waals surface area (Å²) in [6, 6.07) is 10.3. The summed E-state index contributed by atoms with van der Waals surface area (Å²) in [6.07, 6.45) is 0.339. The maximum Gasteiger partial charge on any atom is 0.228 e. The second kappa shape index (κ2) is 9.55. The van der Waals surface area contributed by atoms with E-state index in [0.717, 1.165) is 16.5 Å². The van der Waals surface area contributed by atoms with Gasteiger partial charge in [0.2, 0.25) is 11.0 Å². The number of aromatic nitrogens is 2. The molecule has 0 aliphatic carbocycles. The quantitative estimate of drug-likeness (QED) is 0.711. The number of carbonyl (C=O) groups is 1. The number of amides is 1. The Kier molecular flexibility index (Phi) is 7.35. The van der Waals surface area contributed by atoms with Gasteiger partial charge in [-0.05, 0) is 12.5 Å². The van der Waals surface area contributed by atoms with E-state index in [1.54, 1.807) is 11.8 Å². The molecule has 2 aromatic rings. The molecule has 2 rings (SSSR count).